The molecule has 0 saturated heterocycles. The highest BCUT2D eigenvalue weighted by Gasteiger charge is 2.15. The van der Waals surface area contributed by atoms with Crippen molar-refractivity contribution < 1.29 is 19.1 Å². The van der Waals surface area contributed by atoms with Crippen LogP contribution in [0.25, 0.3) is 5.57 Å². The van der Waals surface area contributed by atoms with Crippen LogP contribution in [-0.2, 0) is 25.5 Å². The van der Waals surface area contributed by atoms with Gasteiger partial charge in [-0.1, -0.05) is 38.1 Å². The molecule has 0 N–H and O–H groups in total. The average molecular weight is 331 g/mol. The van der Waals surface area contributed by atoms with Crippen molar-refractivity contribution in [3.63, 3.8) is 0 Å². The van der Waals surface area contributed by atoms with Gasteiger partial charge in [-0.15, -0.1) is 0 Å². The summed E-state index contributed by atoms with van der Waals surface area (Å²) in [6.07, 6.45) is 2.50. The fraction of sp³-hybridized carbons (Fsp3) is 0.421. The van der Waals surface area contributed by atoms with Gasteiger partial charge < -0.3 is 9.64 Å². The zero-order valence-electron chi connectivity index (χ0n) is 15.0. The van der Waals surface area contributed by atoms with E-state index in [2.05, 4.69) is 0 Å². The lowest BCUT2D eigenvalue weighted by molar-refractivity contribution is -0.144. The fourth-order valence-electron chi connectivity index (χ4n) is 2.24. The molecule has 0 spiro atoms. The molecule has 5 heteroatoms. The average Bonchev–Trinajstić information content (AvgIpc) is 2.58. The molecule has 1 rings (SSSR count). The maximum absolute atomic E-state index is 12.2. The Morgan fingerprint density at radius 3 is 2.25 bits per heavy atom. The number of ether oxygens (including phenoxy) is 1. The zero-order valence-corrected chi connectivity index (χ0v) is 15.0. The number of methoxy groups -OCH3 is 1. The molecule has 0 fully saturated rings. The molecule has 0 unspecified atom stereocenters. The summed E-state index contributed by atoms with van der Waals surface area (Å²) in [4.78, 5) is 36.5. The van der Waals surface area contributed by atoms with Gasteiger partial charge in [-0.3, -0.25) is 14.4 Å². The van der Waals surface area contributed by atoms with E-state index in [-0.39, 0.29) is 23.6 Å². The molecule has 24 heavy (non-hydrogen) atoms. The number of nitrogens with zero attached hydrogens (tertiary/aromatic N) is 1. The number of amides is 1. The van der Waals surface area contributed by atoms with Crippen molar-refractivity contribution >= 4 is 23.2 Å². The number of rotatable bonds is 7. The quantitative estimate of drug-likeness (QED) is 0.569. The molecular weight excluding hydrogens is 306 g/mol. The van der Waals surface area contributed by atoms with Crippen LogP contribution in [0.4, 0.5) is 0 Å². The molecule has 1 amide bonds. The van der Waals surface area contributed by atoms with Gasteiger partial charge in [0, 0.05) is 32.2 Å². The third-order valence-corrected chi connectivity index (χ3v) is 3.85. The highest BCUT2D eigenvalue weighted by atomic mass is 16.5. The van der Waals surface area contributed by atoms with Gasteiger partial charge >= 0.3 is 5.97 Å². The largest absolute Gasteiger partial charge is 0.469 e. The summed E-state index contributed by atoms with van der Waals surface area (Å²) in [6, 6.07) is 7.46. The third kappa shape index (κ3) is 5.33. The van der Waals surface area contributed by atoms with E-state index in [0.29, 0.717) is 18.4 Å². The fourth-order valence-corrected chi connectivity index (χ4v) is 2.24. The Balaban J connectivity index is 3.04. The number of allylic oxidation sites excluding steroid dienone is 1. The number of hydrogen-bond donors (Lipinski definition) is 0. The van der Waals surface area contributed by atoms with Crippen molar-refractivity contribution in [2.75, 3.05) is 14.2 Å². The normalized spacial score (nSPS) is 12.5. The van der Waals surface area contributed by atoms with Crippen LogP contribution < -0.4 is 0 Å². The lowest BCUT2D eigenvalue weighted by Gasteiger charge is -2.14. The van der Waals surface area contributed by atoms with Crippen LogP contribution in [0.3, 0.4) is 0 Å². The van der Waals surface area contributed by atoms with Gasteiger partial charge in [-0.2, -0.15) is 0 Å². The number of Topliss-reactive ketones (excluding diaryl/α,β-unsaturated/α-hetero) is 1. The molecule has 0 saturated carbocycles. The first-order valence-electron chi connectivity index (χ1n) is 7.95. The molecule has 1 atom stereocenters. The Labute approximate surface area is 143 Å². The number of carbonyl (C=O) groups is 3. The standard InChI is InChI=1S/C19H25NO4/c1-6-18(22)17(12-20(4)14(3)21)16-9-7-15(8-10-16)11-13(2)19(23)24-5/h7-10,12-13H,6,11H2,1-5H3/b17-12-/t13-/m0/s1. The van der Waals surface area contributed by atoms with E-state index in [1.54, 1.807) is 20.2 Å². The van der Waals surface area contributed by atoms with Crippen LogP contribution >= 0.6 is 0 Å². The summed E-state index contributed by atoms with van der Waals surface area (Å²) >= 11 is 0. The van der Waals surface area contributed by atoms with Crippen LogP contribution in [0.1, 0.15) is 38.3 Å². The van der Waals surface area contributed by atoms with Gasteiger partial charge in [0.05, 0.1) is 13.0 Å². The molecular formula is C19H25NO4. The van der Waals surface area contributed by atoms with Crippen LogP contribution in [0.5, 0.6) is 0 Å². The lowest BCUT2D eigenvalue weighted by Crippen LogP contribution is -2.19. The van der Waals surface area contributed by atoms with E-state index >= 15 is 0 Å². The van der Waals surface area contributed by atoms with Crippen molar-refractivity contribution in [3.8, 4) is 0 Å². The van der Waals surface area contributed by atoms with Crippen LogP contribution in [-0.4, -0.2) is 36.7 Å². The molecule has 5 nitrogen and oxygen atoms in total. The van der Waals surface area contributed by atoms with E-state index < -0.39 is 0 Å². The van der Waals surface area contributed by atoms with E-state index in [9.17, 15) is 14.4 Å². The number of esters is 1. The monoisotopic (exact) mass is 331 g/mol. The molecule has 0 bridgehead atoms. The number of benzene rings is 1. The van der Waals surface area contributed by atoms with E-state index in [4.69, 9.17) is 4.74 Å². The minimum atomic E-state index is -0.246. The highest BCUT2D eigenvalue weighted by Crippen LogP contribution is 2.20. The summed E-state index contributed by atoms with van der Waals surface area (Å²) in [5.41, 5.74) is 2.24. The van der Waals surface area contributed by atoms with Gasteiger partial charge in [0.2, 0.25) is 5.91 Å². The van der Waals surface area contributed by atoms with Crippen molar-refractivity contribution in [2.45, 2.75) is 33.6 Å². The topological polar surface area (TPSA) is 63.7 Å². The second-order valence-corrected chi connectivity index (χ2v) is 5.77. The Kier molecular flexibility index (Phi) is 7.36. The molecule has 0 aliphatic carbocycles. The van der Waals surface area contributed by atoms with E-state index in [1.165, 1.54) is 18.9 Å². The smallest absolute Gasteiger partial charge is 0.308 e. The first-order chi connectivity index (χ1) is 11.3. The Bertz CT molecular complexity index is 631. The zero-order chi connectivity index (χ0) is 18.3. The third-order valence-electron chi connectivity index (χ3n) is 3.85. The molecule has 0 aromatic heterocycles. The Morgan fingerprint density at radius 2 is 1.79 bits per heavy atom. The lowest BCUT2D eigenvalue weighted by atomic mass is 9.96. The molecule has 0 aliphatic heterocycles. The predicted molar refractivity (Wildman–Crippen MR) is 93.0 cm³/mol. The van der Waals surface area contributed by atoms with Crippen molar-refractivity contribution in [1.82, 2.24) is 4.90 Å². The van der Waals surface area contributed by atoms with Crippen LogP contribution in [0.2, 0.25) is 0 Å². The Hall–Kier alpha value is -2.43. The summed E-state index contributed by atoms with van der Waals surface area (Å²) in [5.74, 6) is -0.639. The summed E-state index contributed by atoms with van der Waals surface area (Å²) in [5, 5.41) is 0. The summed E-state index contributed by atoms with van der Waals surface area (Å²) in [6.45, 7) is 5.05. The van der Waals surface area contributed by atoms with Crippen LogP contribution in [0.15, 0.2) is 30.5 Å². The van der Waals surface area contributed by atoms with Crippen molar-refractivity contribution in [2.24, 2.45) is 5.92 Å². The molecule has 0 aliphatic rings. The maximum Gasteiger partial charge on any atom is 0.308 e. The van der Waals surface area contributed by atoms with Gasteiger partial charge in [0.1, 0.15) is 0 Å². The number of hydrogen-bond acceptors (Lipinski definition) is 4. The molecule has 0 radical (unpaired) electrons. The minimum absolute atomic E-state index is 0.0289. The van der Waals surface area contributed by atoms with Gasteiger partial charge in [-0.25, -0.2) is 0 Å². The first-order valence-corrected chi connectivity index (χ1v) is 7.95. The second kappa shape index (κ2) is 9.01. The predicted octanol–water partition coefficient (Wildman–Crippen LogP) is 2.84. The number of carbonyl (C=O) groups excluding carboxylic acids is 3. The van der Waals surface area contributed by atoms with E-state index in [0.717, 1.165) is 11.1 Å². The first kappa shape index (κ1) is 19.6. The van der Waals surface area contributed by atoms with Gasteiger partial charge in [-0.05, 0) is 17.5 Å². The van der Waals surface area contributed by atoms with Crippen molar-refractivity contribution in [1.29, 1.82) is 0 Å². The summed E-state index contributed by atoms with van der Waals surface area (Å²) in [7, 11) is 3.00. The summed E-state index contributed by atoms with van der Waals surface area (Å²) < 4.78 is 4.73. The van der Waals surface area contributed by atoms with Crippen LogP contribution in [0, 0.1) is 5.92 Å². The Morgan fingerprint density at radius 1 is 1.21 bits per heavy atom. The van der Waals surface area contributed by atoms with Gasteiger partial charge in [0.15, 0.2) is 5.78 Å². The second-order valence-electron chi connectivity index (χ2n) is 5.77. The highest BCUT2D eigenvalue weighted by molar-refractivity contribution is 6.20. The molecule has 1 aromatic rings. The molecule has 130 valence electrons. The SMILES string of the molecule is CCC(=O)/C(=C\N(C)C(C)=O)c1ccc(C[C@H](C)C(=O)OC)cc1. The number of ketones is 1. The molecule has 1 aromatic carbocycles. The maximum atomic E-state index is 12.2. The van der Waals surface area contributed by atoms with Crippen molar-refractivity contribution in [3.05, 3.63) is 41.6 Å². The van der Waals surface area contributed by atoms with Gasteiger partial charge in [0.25, 0.3) is 0 Å². The molecule has 0 heterocycles. The van der Waals surface area contributed by atoms with E-state index in [1.807, 2.05) is 31.2 Å². The minimum Gasteiger partial charge on any atom is -0.469 e.